The van der Waals surface area contributed by atoms with Gasteiger partial charge in [0, 0.05) is 12.2 Å². The highest BCUT2D eigenvalue weighted by Gasteiger charge is 2.09. The minimum atomic E-state index is -0.00935. The van der Waals surface area contributed by atoms with Gasteiger partial charge in [-0.3, -0.25) is 4.79 Å². The van der Waals surface area contributed by atoms with E-state index in [1.54, 1.807) is 11.8 Å². The highest BCUT2D eigenvalue weighted by molar-refractivity contribution is 7.98. The molecule has 0 bridgehead atoms. The molecular weight excluding hydrogens is 240 g/mol. The molecule has 1 rings (SSSR count). The Labute approximate surface area is 96.3 Å². The zero-order valence-corrected chi connectivity index (χ0v) is 10.4. The van der Waals surface area contributed by atoms with E-state index in [0.717, 1.165) is 10.8 Å². The van der Waals surface area contributed by atoms with Gasteiger partial charge in [0.25, 0.3) is 0 Å². The van der Waals surface area contributed by atoms with Crippen molar-refractivity contribution in [2.24, 2.45) is 0 Å². The topological polar surface area (TPSA) is 42.0 Å². The van der Waals surface area contributed by atoms with Crippen LogP contribution in [0.5, 0.6) is 0 Å². The van der Waals surface area contributed by atoms with Crippen LogP contribution in [-0.4, -0.2) is 22.9 Å². The second kappa shape index (κ2) is 5.58. The lowest BCUT2D eigenvalue weighted by Crippen LogP contribution is -2.11. The van der Waals surface area contributed by atoms with Gasteiger partial charge in [-0.1, -0.05) is 11.6 Å². The SMILES string of the molecule is CSCCC(=O)Nc1sc(C)nc1Cl. The summed E-state index contributed by atoms with van der Waals surface area (Å²) in [7, 11) is 0. The molecule has 0 aliphatic carbocycles. The van der Waals surface area contributed by atoms with Gasteiger partial charge in [0.1, 0.15) is 5.00 Å². The fraction of sp³-hybridized carbons (Fsp3) is 0.500. The fourth-order valence-corrected chi connectivity index (χ4v) is 2.32. The molecule has 1 amide bonds. The summed E-state index contributed by atoms with van der Waals surface area (Å²) in [6.45, 7) is 1.86. The molecule has 78 valence electrons. The third-order valence-electron chi connectivity index (χ3n) is 1.48. The number of rotatable bonds is 4. The van der Waals surface area contributed by atoms with Crippen molar-refractivity contribution in [3.05, 3.63) is 10.2 Å². The number of nitrogens with one attached hydrogen (secondary N) is 1. The molecule has 1 aromatic heterocycles. The molecule has 0 fully saturated rings. The number of carbonyl (C=O) groups is 1. The summed E-state index contributed by atoms with van der Waals surface area (Å²) in [6.07, 6.45) is 2.48. The van der Waals surface area contributed by atoms with Crippen molar-refractivity contribution < 1.29 is 4.79 Å². The minimum absolute atomic E-state index is 0.00935. The zero-order valence-electron chi connectivity index (χ0n) is 7.96. The van der Waals surface area contributed by atoms with Gasteiger partial charge in [0.05, 0.1) is 5.01 Å². The molecule has 14 heavy (non-hydrogen) atoms. The number of halogens is 1. The van der Waals surface area contributed by atoms with E-state index in [2.05, 4.69) is 10.3 Å². The molecule has 0 aliphatic heterocycles. The van der Waals surface area contributed by atoms with Crippen molar-refractivity contribution >= 4 is 45.6 Å². The smallest absolute Gasteiger partial charge is 0.225 e. The van der Waals surface area contributed by atoms with Gasteiger partial charge in [0.2, 0.25) is 5.91 Å². The third-order valence-corrected chi connectivity index (χ3v) is 3.36. The second-order valence-corrected chi connectivity index (χ2v) is 5.19. The van der Waals surface area contributed by atoms with Crippen molar-refractivity contribution in [3.8, 4) is 0 Å². The van der Waals surface area contributed by atoms with Crippen LogP contribution in [0.3, 0.4) is 0 Å². The molecule has 0 aliphatic rings. The Morgan fingerprint density at radius 3 is 2.93 bits per heavy atom. The van der Waals surface area contributed by atoms with Gasteiger partial charge in [-0.05, 0) is 13.2 Å². The lowest BCUT2D eigenvalue weighted by Gasteiger charge is -2.00. The molecule has 1 aromatic rings. The first-order chi connectivity index (χ1) is 6.63. The van der Waals surface area contributed by atoms with E-state index in [9.17, 15) is 4.79 Å². The van der Waals surface area contributed by atoms with E-state index < -0.39 is 0 Å². The molecule has 0 atom stereocenters. The summed E-state index contributed by atoms with van der Waals surface area (Å²) in [6, 6.07) is 0. The number of aryl methyl sites for hydroxylation is 1. The predicted molar refractivity (Wildman–Crippen MR) is 63.5 cm³/mol. The minimum Gasteiger partial charge on any atom is -0.315 e. The highest BCUT2D eigenvalue weighted by Crippen LogP contribution is 2.28. The average Bonchev–Trinajstić information content (AvgIpc) is 2.42. The van der Waals surface area contributed by atoms with Gasteiger partial charge in [-0.25, -0.2) is 4.98 Å². The monoisotopic (exact) mass is 250 g/mol. The lowest BCUT2D eigenvalue weighted by molar-refractivity contribution is -0.115. The van der Waals surface area contributed by atoms with Gasteiger partial charge >= 0.3 is 0 Å². The van der Waals surface area contributed by atoms with Crippen molar-refractivity contribution in [1.82, 2.24) is 4.98 Å². The fourth-order valence-electron chi connectivity index (χ4n) is 0.863. The Kier molecular flexibility index (Phi) is 4.71. The molecule has 0 saturated carbocycles. The molecular formula is C8H11ClN2OS2. The Bertz CT molecular complexity index is 327. The Hall–Kier alpha value is -0.260. The number of thioether (sulfide) groups is 1. The van der Waals surface area contributed by atoms with Crippen LogP contribution in [0.25, 0.3) is 0 Å². The summed E-state index contributed by atoms with van der Waals surface area (Å²) in [5.41, 5.74) is 0. The van der Waals surface area contributed by atoms with E-state index in [4.69, 9.17) is 11.6 Å². The first-order valence-corrected chi connectivity index (χ1v) is 6.64. The summed E-state index contributed by atoms with van der Waals surface area (Å²) >= 11 is 8.84. The molecule has 0 radical (unpaired) electrons. The van der Waals surface area contributed by atoms with Crippen molar-refractivity contribution in [3.63, 3.8) is 0 Å². The maximum Gasteiger partial charge on any atom is 0.225 e. The van der Waals surface area contributed by atoms with E-state index in [1.807, 2.05) is 13.2 Å². The summed E-state index contributed by atoms with van der Waals surface area (Å²) in [5, 5.41) is 4.62. The van der Waals surface area contributed by atoms with E-state index in [0.29, 0.717) is 16.6 Å². The molecule has 0 spiro atoms. The van der Waals surface area contributed by atoms with Gasteiger partial charge in [-0.15, -0.1) is 11.3 Å². The number of anilines is 1. The van der Waals surface area contributed by atoms with E-state index in [-0.39, 0.29) is 5.91 Å². The third kappa shape index (κ3) is 3.48. The summed E-state index contributed by atoms with van der Waals surface area (Å²) in [5.74, 6) is 0.811. The number of hydrogen-bond acceptors (Lipinski definition) is 4. The average molecular weight is 251 g/mol. The van der Waals surface area contributed by atoms with Gasteiger partial charge in [-0.2, -0.15) is 11.8 Å². The van der Waals surface area contributed by atoms with Gasteiger partial charge in [0.15, 0.2) is 5.15 Å². The molecule has 6 heteroatoms. The first kappa shape index (κ1) is 11.8. The quantitative estimate of drug-likeness (QED) is 0.894. The molecule has 1 heterocycles. The largest absolute Gasteiger partial charge is 0.315 e. The zero-order chi connectivity index (χ0) is 10.6. The number of hydrogen-bond donors (Lipinski definition) is 1. The van der Waals surface area contributed by atoms with Gasteiger partial charge < -0.3 is 5.32 Å². The normalized spacial score (nSPS) is 10.2. The molecule has 0 unspecified atom stereocenters. The molecule has 1 N–H and O–H groups in total. The number of amides is 1. The number of carbonyl (C=O) groups excluding carboxylic acids is 1. The van der Waals surface area contributed by atoms with Crippen LogP contribution < -0.4 is 5.32 Å². The number of nitrogens with zero attached hydrogens (tertiary/aromatic N) is 1. The predicted octanol–water partition coefficient (Wildman–Crippen LogP) is 2.80. The number of aromatic nitrogens is 1. The number of thiazole rings is 1. The van der Waals surface area contributed by atoms with Crippen LogP contribution in [-0.2, 0) is 4.79 Å². The maximum absolute atomic E-state index is 11.3. The van der Waals surface area contributed by atoms with Crippen LogP contribution in [0.1, 0.15) is 11.4 Å². The van der Waals surface area contributed by atoms with Crippen LogP contribution in [0, 0.1) is 6.92 Å². The van der Waals surface area contributed by atoms with Crippen LogP contribution >= 0.6 is 34.7 Å². The molecule has 3 nitrogen and oxygen atoms in total. The van der Waals surface area contributed by atoms with Crippen LogP contribution in [0.2, 0.25) is 5.15 Å². The van der Waals surface area contributed by atoms with E-state index >= 15 is 0 Å². The first-order valence-electron chi connectivity index (χ1n) is 4.05. The standard InChI is InChI=1S/C8H11ClN2OS2/c1-5-10-7(9)8(14-5)11-6(12)3-4-13-2/h3-4H2,1-2H3,(H,11,12). The second-order valence-electron chi connectivity index (χ2n) is 2.64. The van der Waals surface area contributed by atoms with Crippen LogP contribution in [0.15, 0.2) is 0 Å². The lowest BCUT2D eigenvalue weighted by atomic mass is 10.4. The molecule has 0 aromatic carbocycles. The summed E-state index contributed by atoms with van der Waals surface area (Å²) in [4.78, 5) is 15.3. The molecule has 0 saturated heterocycles. The van der Waals surface area contributed by atoms with Crippen molar-refractivity contribution in [2.75, 3.05) is 17.3 Å². The van der Waals surface area contributed by atoms with Crippen LogP contribution in [0.4, 0.5) is 5.00 Å². The summed E-state index contributed by atoms with van der Waals surface area (Å²) < 4.78 is 0. The Morgan fingerprint density at radius 1 is 1.71 bits per heavy atom. The Morgan fingerprint density at radius 2 is 2.43 bits per heavy atom. The maximum atomic E-state index is 11.3. The van der Waals surface area contributed by atoms with Crippen molar-refractivity contribution in [1.29, 1.82) is 0 Å². The highest BCUT2D eigenvalue weighted by atomic mass is 35.5. The van der Waals surface area contributed by atoms with Crippen molar-refractivity contribution in [2.45, 2.75) is 13.3 Å². The Balaban J connectivity index is 2.51. The van der Waals surface area contributed by atoms with E-state index in [1.165, 1.54) is 11.3 Å².